The molecule has 10 heavy (non-hydrogen) atoms. The molecule has 6 heteroatoms. The van der Waals surface area contributed by atoms with Gasteiger partial charge in [-0.25, -0.2) is 0 Å². The molecular weight excluding hydrogens is 179 g/mol. The van der Waals surface area contributed by atoms with Gasteiger partial charge in [-0.05, 0) is 0 Å². The summed E-state index contributed by atoms with van der Waals surface area (Å²) in [6.45, 7) is 0. The number of carbonyl (C=O) groups is 2. The van der Waals surface area contributed by atoms with Crippen LogP contribution in [0, 0.1) is 0 Å². The summed E-state index contributed by atoms with van der Waals surface area (Å²) in [5, 5.41) is -2.47. The Morgan fingerprint density at radius 2 is 1.20 bits per heavy atom. The van der Waals surface area contributed by atoms with Crippen LogP contribution in [0.3, 0.4) is 0 Å². The molecule has 0 aliphatic heterocycles. The van der Waals surface area contributed by atoms with Crippen LogP contribution in [-0.2, 0) is 9.59 Å². The Labute approximate surface area is 67.4 Å². The van der Waals surface area contributed by atoms with Crippen LogP contribution in [0.2, 0.25) is 0 Å². The van der Waals surface area contributed by atoms with Crippen molar-refractivity contribution < 1.29 is 9.59 Å². The number of hydrogen-bond acceptors (Lipinski definition) is 2. The zero-order valence-corrected chi connectivity index (χ0v) is 6.39. The van der Waals surface area contributed by atoms with Gasteiger partial charge in [0.15, 0.2) is 0 Å². The molecular formula is C4H6Cl2N2O2. The van der Waals surface area contributed by atoms with Gasteiger partial charge in [0.25, 0.3) is 0 Å². The summed E-state index contributed by atoms with van der Waals surface area (Å²) in [5.74, 6) is -1.72. The third kappa shape index (κ3) is 2.41. The fourth-order valence-corrected chi connectivity index (χ4v) is 0.537. The minimum absolute atomic E-state index is 0.861. The van der Waals surface area contributed by atoms with E-state index in [4.69, 9.17) is 34.7 Å². The molecule has 0 radical (unpaired) electrons. The molecule has 0 aromatic rings. The summed E-state index contributed by atoms with van der Waals surface area (Å²) in [6, 6.07) is 0. The van der Waals surface area contributed by atoms with Gasteiger partial charge in [0, 0.05) is 0 Å². The van der Waals surface area contributed by atoms with E-state index >= 15 is 0 Å². The third-order valence-electron chi connectivity index (χ3n) is 0.801. The minimum atomic E-state index is -1.24. The Morgan fingerprint density at radius 3 is 1.30 bits per heavy atom. The molecule has 2 amide bonds. The van der Waals surface area contributed by atoms with Crippen LogP contribution in [0.1, 0.15) is 0 Å². The second-order valence-electron chi connectivity index (χ2n) is 1.61. The maximum Gasteiger partial charge on any atom is 0.237 e. The molecule has 0 fully saturated rings. The van der Waals surface area contributed by atoms with E-state index in [1.165, 1.54) is 0 Å². The summed E-state index contributed by atoms with van der Waals surface area (Å²) in [4.78, 5) is 20.5. The zero-order valence-electron chi connectivity index (χ0n) is 4.88. The van der Waals surface area contributed by atoms with E-state index in [1.54, 1.807) is 0 Å². The molecule has 0 spiro atoms. The third-order valence-corrected chi connectivity index (χ3v) is 1.86. The fraction of sp³-hybridized carbons (Fsp3) is 0.500. The zero-order chi connectivity index (χ0) is 8.31. The van der Waals surface area contributed by atoms with Crippen molar-refractivity contribution in [2.45, 2.75) is 10.8 Å². The lowest BCUT2D eigenvalue weighted by Crippen LogP contribution is -2.39. The molecule has 2 unspecified atom stereocenters. The summed E-state index contributed by atoms with van der Waals surface area (Å²) < 4.78 is 0. The molecule has 0 aliphatic carbocycles. The highest BCUT2D eigenvalue weighted by atomic mass is 35.5. The van der Waals surface area contributed by atoms with E-state index in [1.807, 2.05) is 0 Å². The van der Waals surface area contributed by atoms with Crippen LogP contribution >= 0.6 is 23.2 Å². The van der Waals surface area contributed by atoms with Gasteiger partial charge in [-0.1, -0.05) is 0 Å². The number of carbonyl (C=O) groups excluding carboxylic acids is 2. The first-order chi connectivity index (χ1) is 4.46. The first-order valence-electron chi connectivity index (χ1n) is 2.33. The van der Waals surface area contributed by atoms with Crippen molar-refractivity contribution in [1.82, 2.24) is 0 Å². The van der Waals surface area contributed by atoms with Crippen molar-refractivity contribution in [2.75, 3.05) is 0 Å². The molecule has 0 saturated carbocycles. The minimum Gasteiger partial charge on any atom is -0.368 e. The van der Waals surface area contributed by atoms with Crippen molar-refractivity contribution in [3.8, 4) is 0 Å². The second-order valence-corrected chi connectivity index (χ2v) is 2.55. The van der Waals surface area contributed by atoms with Crippen molar-refractivity contribution >= 4 is 35.0 Å². The van der Waals surface area contributed by atoms with Gasteiger partial charge in [-0.2, -0.15) is 0 Å². The van der Waals surface area contributed by atoms with Crippen LogP contribution in [0.15, 0.2) is 0 Å². The molecule has 0 rings (SSSR count). The lowest BCUT2D eigenvalue weighted by Gasteiger charge is -2.07. The lowest BCUT2D eigenvalue weighted by atomic mass is 10.3. The topological polar surface area (TPSA) is 86.2 Å². The van der Waals surface area contributed by atoms with Gasteiger partial charge in [0.05, 0.1) is 0 Å². The lowest BCUT2D eigenvalue weighted by molar-refractivity contribution is -0.122. The molecule has 0 saturated heterocycles. The van der Waals surface area contributed by atoms with Crippen LogP contribution < -0.4 is 11.5 Å². The molecule has 4 N–H and O–H groups in total. The van der Waals surface area contributed by atoms with E-state index in [0.29, 0.717) is 0 Å². The summed E-state index contributed by atoms with van der Waals surface area (Å²) in [5.41, 5.74) is 9.42. The molecule has 2 atom stereocenters. The Kier molecular flexibility index (Phi) is 3.46. The van der Waals surface area contributed by atoms with Crippen LogP contribution in [0.5, 0.6) is 0 Å². The maximum atomic E-state index is 10.2. The Hall–Kier alpha value is -0.480. The monoisotopic (exact) mass is 184 g/mol. The van der Waals surface area contributed by atoms with Gasteiger partial charge in [0.2, 0.25) is 11.8 Å². The number of amides is 2. The van der Waals surface area contributed by atoms with Crippen molar-refractivity contribution in [1.29, 1.82) is 0 Å². The number of primary amides is 2. The molecule has 58 valence electrons. The second kappa shape index (κ2) is 3.63. The molecule has 0 heterocycles. The van der Waals surface area contributed by atoms with Crippen molar-refractivity contribution in [3.05, 3.63) is 0 Å². The van der Waals surface area contributed by atoms with Gasteiger partial charge in [-0.15, -0.1) is 23.2 Å². The number of rotatable bonds is 3. The molecule has 0 aromatic heterocycles. The highest BCUT2D eigenvalue weighted by molar-refractivity contribution is 6.42. The number of hydrogen-bond donors (Lipinski definition) is 2. The van der Waals surface area contributed by atoms with Crippen LogP contribution in [0.25, 0.3) is 0 Å². The van der Waals surface area contributed by atoms with Gasteiger partial charge >= 0.3 is 0 Å². The fourth-order valence-electron chi connectivity index (χ4n) is 0.288. The normalized spacial score (nSPS) is 15.8. The standard InChI is InChI=1S/C4H6Cl2N2O2/c5-1(3(7)9)2(6)4(8)10/h1-2H,(H2,7,9)(H2,8,10). The summed E-state index contributed by atoms with van der Waals surface area (Å²) in [7, 11) is 0. The van der Waals surface area contributed by atoms with Gasteiger partial charge < -0.3 is 11.5 Å². The average Bonchev–Trinajstić information content (AvgIpc) is 1.84. The van der Waals surface area contributed by atoms with Crippen molar-refractivity contribution in [2.24, 2.45) is 11.5 Å². The SMILES string of the molecule is NC(=O)C(Cl)C(Cl)C(N)=O. The predicted molar refractivity (Wildman–Crippen MR) is 37.7 cm³/mol. The van der Waals surface area contributed by atoms with E-state index in [9.17, 15) is 9.59 Å². The summed E-state index contributed by atoms with van der Waals surface area (Å²) in [6.07, 6.45) is 0. The van der Waals surface area contributed by atoms with E-state index in [-0.39, 0.29) is 0 Å². The van der Waals surface area contributed by atoms with E-state index in [2.05, 4.69) is 0 Å². The molecule has 0 aliphatic rings. The van der Waals surface area contributed by atoms with Crippen molar-refractivity contribution in [3.63, 3.8) is 0 Å². The van der Waals surface area contributed by atoms with Crippen LogP contribution in [-0.4, -0.2) is 22.6 Å². The maximum absolute atomic E-state index is 10.2. The average molecular weight is 185 g/mol. The highest BCUT2D eigenvalue weighted by Gasteiger charge is 2.26. The first-order valence-corrected chi connectivity index (χ1v) is 3.21. The molecule has 0 bridgehead atoms. The number of halogens is 2. The summed E-state index contributed by atoms with van der Waals surface area (Å²) >= 11 is 10.5. The highest BCUT2D eigenvalue weighted by Crippen LogP contribution is 2.08. The number of alkyl halides is 2. The van der Waals surface area contributed by atoms with Gasteiger partial charge in [0.1, 0.15) is 10.8 Å². The smallest absolute Gasteiger partial charge is 0.237 e. The van der Waals surface area contributed by atoms with E-state index in [0.717, 1.165) is 0 Å². The largest absolute Gasteiger partial charge is 0.368 e. The Bertz CT molecular complexity index is 143. The van der Waals surface area contributed by atoms with E-state index < -0.39 is 22.6 Å². The molecule has 4 nitrogen and oxygen atoms in total. The predicted octanol–water partition coefficient (Wildman–Crippen LogP) is -0.828. The molecule has 0 aromatic carbocycles. The number of nitrogens with two attached hydrogens (primary N) is 2. The first kappa shape index (κ1) is 9.52. The quantitative estimate of drug-likeness (QED) is 0.562. The van der Waals surface area contributed by atoms with Crippen LogP contribution in [0.4, 0.5) is 0 Å². The Balaban J connectivity index is 4.07. The Morgan fingerprint density at radius 1 is 1.00 bits per heavy atom. The van der Waals surface area contributed by atoms with Gasteiger partial charge in [-0.3, -0.25) is 9.59 Å².